The Kier molecular flexibility index (Phi) is 6.26. The Morgan fingerprint density at radius 2 is 1.30 bits per heavy atom. The minimum absolute atomic E-state index is 0.0688. The molecule has 1 fully saturated rings. The standard InChI is InChI=1S/C26H26O4/c27-23-18-24(30-25(28)19-23)16-17-29-26(20-10-4-1-5-11-20,21-12-6-2-7-13-21)22-14-8-3-9-15-22/h1-15,23-24,27H,16-19H2/t23-,24-/m1/s1. The molecule has 0 amide bonds. The van der Waals surface area contributed by atoms with Crippen molar-refractivity contribution in [3.05, 3.63) is 108 Å². The fourth-order valence-electron chi connectivity index (χ4n) is 4.15. The first-order chi connectivity index (χ1) is 14.7. The van der Waals surface area contributed by atoms with Gasteiger partial charge in [0, 0.05) is 12.8 Å². The molecular formula is C26H26O4. The molecule has 1 heterocycles. The van der Waals surface area contributed by atoms with Gasteiger partial charge in [0.05, 0.1) is 19.1 Å². The maximum atomic E-state index is 11.7. The highest BCUT2D eigenvalue weighted by atomic mass is 16.6. The third kappa shape index (κ3) is 4.30. The van der Waals surface area contributed by atoms with Gasteiger partial charge in [-0.25, -0.2) is 0 Å². The van der Waals surface area contributed by atoms with E-state index in [0.717, 1.165) is 16.7 Å². The Morgan fingerprint density at radius 1 is 0.833 bits per heavy atom. The van der Waals surface area contributed by atoms with E-state index in [1.54, 1.807) is 0 Å². The third-order valence-corrected chi connectivity index (χ3v) is 5.53. The van der Waals surface area contributed by atoms with Crippen molar-refractivity contribution < 1.29 is 19.4 Å². The van der Waals surface area contributed by atoms with Gasteiger partial charge in [-0.3, -0.25) is 4.79 Å². The molecule has 4 rings (SSSR count). The Bertz CT molecular complexity index is 844. The number of aliphatic hydroxyl groups is 1. The van der Waals surface area contributed by atoms with Crippen molar-refractivity contribution >= 4 is 5.97 Å². The molecule has 3 aromatic carbocycles. The lowest BCUT2D eigenvalue weighted by atomic mass is 9.80. The SMILES string of the molecule is O=C1C[C@H](O)C[C@@H](CCOC(c2ccccc2)(c2ccccc2)c2ccccc2)O1. The number of rotatable bonds is 7. The van der Waals surface area contributed by atoms with Gasteiger partial charge in [0.1, 0.15) is 11.7 Å². The van der Waals surface area contributed by atoms with Crippen LogP contribution in [0.15, 0.2) is 91.0 Å². The lowest BCUT2D eigenvalue weighted by Gasteiger charge is -2.36. The summed E-state index contributed by atoms with van der Waals surface area (Å²) in [6.45, 7) is 0.378. The van der Waals surface area contributed by atoms with Crippen molar-refractivity contribution in [2.45, 2.75) is 37.1 Å². The van der Waals surface area contributed by atoms with Gasteiger partial charge in [-0.1, -0.05) is 91.0 Å². The molecule has 1 aliphatic rings. The monoisotopic (exact) mass is 402 g/mol. The van der Waals surface area contributed by atoms with Gasteiger partial charge in [0.2, 0.25) is 0 Å². The summed E-state index contributed by atoms with van der Waals surface area (Å²) >= 11 is 0. The molecule has 154 valence electrons. The third-order valence-electron chi connectivity index (χ3n) is 5.53. The minimum Gasteiger partial charge on any atom is -0.462 e. The molecule has 30 heavy (non-hydrogen) atoms. The number of benzene rings is 3. The molecule has 0 saturated carbocycles. The number of carbonyl (C=O) groups excluding carboxylic acids is 1. The van der Waals surface area contributed by atoms with E-state index in [4.69, 9.17) is 9.47 Å². The van der Waals surface area contributed by atoms with Crippen molar-refractivity contribution in [1.82, 2.24) is 0 Å². The first-order valence-electron chi connectivity index (χ1n) is 10.4. The van der Waals surface area contributed by atoms with Crippen LogP contribution >= 0.6 is 0 Å². The van der Waals surface area contributed by atoms with Gasteiger partial charge < -0.3 is 14.6 Å². The number of cyclic esters (lactones) is 1. The zero-order valence-electron chi connectivity index (χ0n) is 16.8. The summed E-state index contributed by atoms with van der Waals surface area (Å²) < 4.78 is 12.1. The van der Waals surface area contributed by atoms with E-state index in [0.29, 0.717) is 19.4 Å². The Morgan fingerprint density at radius 3 is 1.73 bits per heavy atom. The van der Waals surface area contributed by atoms with Gasteiger partial charge in [-0.2, -0.15) is 0 Å². The highest BCUT2D eigenvalue weighted by molar-refractivity contribution is 5.70. The molecule has 3 aromatic rings. The molecule has 0 unspecified atom stereocenters. The predicted molar refractivity (Wildman–Crippen MR) is 115 cm³/mol. The van der Waals surface area contributed by atoms with Crippen LogP contribution in [0.2, 0.25) is 0 Å². The molecule has 2 atom stereocenters. The van der Waals surface area contributed by atoms with Crippen molar-refractivity contribution in [3.8, 4) is 0 Å². The normalized spacial score (nSPS) is 19.3. The van der Waals surface area contributed by atoms with E-state index < -0.39 is 11.7 Å². The molecule has 0 radical (unpaired) electrons. The molecule has 1 aliphatic heterocycles. The first kappa shape index (κ1) is 20.3. The zero-order valence-corrected chi connectivity index (χ0v) is 16.8. The maximum Gasteiger partial charge on any atom is 0.308 e. The van der Waals surface area contributed by atoms with E-state index >= 15 is 0 Å². The fourth-order valence-corrected chi connectivity index (χ4v) is 4.15. The van der Waals surface area contributed by atoms with Crippen LogP contribution in [0.4, 0.5) is 0 Å². The Hall–Kier alpha value is -2.95. The van der Waals surface area contributed by atoms with Crippen molar-refractivity contribution in [1.29, 1.82) is 0 Å². The second-order valence-corrected chi connectivity index (χ2v) is 7.62. The highest BCUT2D eigenvalue weighted by Gasteiger charge is 2.38. The Labute approximate surface area is 177 Å². The molecule has 1 N–H and O–H groups in total. The predicted octanol–water partition coefficient (Wildman–Crippen LogP) is 4.45. The van der Waals surface area contributed by atoms with Crippen molar-refractivity contribution in [2.75, 3.05) is 6.61 Å². The first-order valence-corrected chi connectivity index (χ1v) is 10.4. The van der Waals surface area contributed by atoms with Crippen LogP contribution in [0.5, 0.6) is 0 Å². The molecule has 0 bridgehead atoms. The van der Waals surface area contributed by atoms with Crippen LogP contribution in [0.3, 0.4) is 0 Å². The number of esters is 1. The molecule has 0 aliphatic carbocycles. The van der Waals surface area contributed by atoms with Crippen molar-refractivity contribution in [2.24, 2.45) is 0 Å². The van der Waals surface area contributed by atoms with Crippen LogP contribution < -0.4 is 0 Å². The summed E-state index contributed by atoms with van der Waals surface area (Å²) in [6.07, 6.45) is 0.0696. The van der Waals surface area contributed by atoms with Crippen LogP contribution in [0.25, 0.3) is 0 Å². The quantitative estimate of drug-likeness (QED) is 0.469. The summed E-state index contributed by atoms with van der Waals surface area (Å²) in [7, 11) is 0. The van der Waals surface area contributed by atoms with E-state index in [-0.39, 0.29) is 18.5 Å². The van der Waals surface area contributed by atoms with Crippen LogP contribution in [0.1, 0.15) is 36.0 Å². The molecule has 1 saturated heterocycles. The number of carbonyl (C=O) groups is 1. The van der Waals surface area contributed by atoms with E-state index in [9.17, 15) is 9.90 Å². The summed E-state index contributed by atoms with van der Waals surface area (Å²) in [5.41, 5.74) is 2.30. The van der Waals surface area contributed by atoms with Gasteiger partial charge >= 0.3 is 5.97 Å². The largest absolute Gasteiger partial charge is 0.462 e. The van der Waals surface area contributed by atoms with Crippen LogP contribution in [0, 0.1) is 0 Å². The second-order valence-electron chi connectivity index (χ2n) is 7.62. The van der Waals surface area contributed by atoms with Crippen molar-refractivity contribution in [3.63, 3.8) is 0 Å². The number of hydrogen-bond donors (Lipinski definition) is 1. The topological polar surface area (TPSA) is 55.8 Å². The highest BCUT2D eigenvalue weighted by Crippen LogP contribution is 2.40. The molecule has 4 heteroatoms. The van der Waals surface area contributed by atoms with Gasteiger partial charge in [0.25, 0.3) is 0 Å². The van der Waals surface area contributed by atoms with Crippen LogP contribution in [-0.4, -0.2) is 29.9 Å². The summed E-state index contributed by atoms with van der Waals surface area (Å²) in [5.74, 6) is -0.348. The van der Waals surface area contributed by atoms with Gasteiger partial charge in [-0.15, -0.1) is 0 Å². The average molecular weight is 402 g/mol. The lowest BCUT2D eigenvalue weighted by Crippen LogP contribution is -2.36. The Balaban J connectivity index is 1.69. The fraction of sp³-hybridized carbons (Fsp3) is 0.269. The average Bonchev–Trinajstić information content (AvgIpc) is 2.78. The summed E-state index contributed by atoms with van der Waals surface area (Å²) in [4.78, 5) is 11.7. The second kappa shape index (κ2) is 9.24. The van der Waals surface area contributed by atoms with Gasteiger partial charge in [0.15, 0.2) is 0 Å². The molecule has 0 spiro atoms. The van der Waals surface area contributed by atoms with E-state index in [2.05, 4.69) is 36.4 Å². The maximum absolute atomic E-state index is 11.7. The zero-order chi connectivity index (χ0) is 20.8. The summed E-state index contributed by atoms with van der Waals surface area (Å²) in [6, 6.07) is 30.5. The lowest BCUT2D eigenvalue weighted by molar-refractivity contribution is -0.161. The number of aliphatic hydroxyl groups excluding tert-OH is 1. The number of ether oxygens (including phenoxy) is 2. The molecular weight excluding hydrogens is 376 g/mol. The smallest absolute Gasteiger partial charge is 0.308 e. The minimum atomic E-state index is -0.791. The van der Waals surface area contributed by atoms with E-state index in [1.165, 1.54) is 0 Å². The van der Waals surface area contributed by atoms with E-state index in [1.807, 2.05) is 54.6 Å². The molecule has 0 aromatic heterocycles. The number of hydrogen-bond acceptors (Lipinski definition) is 4. The van der Waals surface area contributed by atoms with Gasteiger partial charge in [-0.05, 0) is 16.7 Å². The summed E-state index contributed by atoms with van der Waals surface area (Å²) in [5, 5.41) is 9.90. The molecule has 4 nitrogen and oxygen atoms in total. The van der Waals surface area contributed by atoms with Crippen LogP contribution in [-0.2, 0) is 19.9 Å².